The fourth-order valence-electron chi connectivity index (χ4n) is 3.50. The molecule has 2 N–H and O–H groups in total. The molecule has 3 rings (SSSR count). The number of methoxy groups -OCH3 is 1. The Morgan fingerprint density at radius 1 is 1.16 bits per heavy atom. The molecule has 9 heteroatoms. The fraction of sp³-hybridized carbons (Fsp3) is 0.348. The lowest BCUT2D eigenvalue weighted by Crippen LogP contribution is -2.54. The topological polar surface area (TPSA) is 54.4 Å². The highest BCUT2D eigenvalue weighted by molar-refractivity contribution is 7.99. The molecule has 0 radical (unpaired) electrons. The van der Waals surface area contributed by atoms with E-state index < -0.39 is 29.4 Å². The fourth-order valence-corrected chi connectivity index (χ4v) is 4.35. The second-order valence-electron chi connectivity index (χ2n) is 7.35. The number of hydrogen-bond donors (Lipinski definition) is 2. The normalized spacial score (nSPS) is 14.8. The van der Waals surface area contributed by atoms with Crippen LogP contribution in [-0.4, -0.2) is 40.5 Å². The molecule has 32 heavy (non-hydrogen) atoms. The highest BCUT2D eigenvalue weighted by atomic mass is 32.2. The predicted octanol–water partition coefficient (Wildman–Crippen LogP) is 5.89. The Bertz CT molecular complexity index is 1090. The number of aliphatic hydroxyl groups is 1. The number of hydrogen-bond acceptors (Lipinski definition) is 5. The number of halogens is 4. The van der Waals surface area contributed by atoms with Gasteiger partial charge in [0.1, 0.15) is 11.6 Å². The standard InChI is InChI=1S/C23H24F4N2O2S/c1-4-32-13-22(30,23(25,26)27)21(17-11-9-15(24)12-20(17)31-3)29-19-7-5-6-18-16(19)10-8-14(2)28-18/h5-12,21,29-30H,4,13H2,1-3H3/t21-,22+/m0/s1. The number of nitrogens with zero attached hydrogens (tertiary/aromatic N) is 1. The molecule has 2 atom stereocenters. The van der Waals surface area contributed by atoms with Crippen molar-refractivity contribution in [2.75, 3.05) is 23.9 Å². The Labute approximate surface area is 188 Å². The van der Waals surface area contributed by atoms with Crippen molar-refractivity contribution >= 4 is 28.4 Å². The van der Waals surface area contributed by atoms with Crippen LogP contribution in [0.3, 0.4) is 0 Å². The average Bonchev–Trinajstić information content (AvgIpc) is 2.75. The minimum absolute atomic E-state index is 0.0116. The van der Waals surface area contributed by atoms with Gasteiger partial charge < -0.3 is 15.2 Å². The number of alkyl halides is 3. The summed E-state index contributed by atoms with van der Waals surface area (Å²) in [6.45, 7) is 3.52. The summed E-state index contributed by atoms with van der Waals surface area (Å²) in [4.78, 5) is 4.42. The van der Waals surface area contributed by atoms with Crippen molar-refractivity contribution in [1.29, 1.82) is 0 Å². The van der Waals surface area contributed by atoms with Crippen molar-refractivity contribution < 1.29 is 27.4 Å². The van der Waals surface area contributed by atoms with E-state index >= 15 is 0 Å². The molecule has 0 bridgehead atoms. The smallest absolute Gasteiger partial charge is 0.420 e. The molecule has 3 aromatic rings. The molecule has 0 fully saturated rings. The molecule has 0 aliphatic rings. The first kappa shape index (κ1) is 24.1. The molecule has 4 nitrogen and oxygen atoms in total. The van der Waals surface area contributed by atoms with Crippen LogP contribution >= 0.6 is 11.8 Å². The monoisotopic (exact) mass is 468 g/mol. The van der Waals surface area contributed by atoms with Crippen LogP contribution in [0.25, 0.3) is 10.9 Å². The Morgan fingerprint density at radius 3 is 2.56 bits per heavy atom. The van der Waals surface area contributed by atoms with Crippen molar-refractivity contribution in [2.24, 2.45) is 0 Å². The molecule has 172 valence electrons. The van der Waals surface area contributed by atoms with Gasteiger partial charge in [0.05, 0.1) is 18.7 Å². The molecule has 0 spiro atoms. The van der Waals surface area contributed by atoms with E-state index in [-0.39, 0.29) is 11.3 Å². The van der Waals surface area contributed by atoms with Gasteiger partial charge in [-0.2, -0.15) is 24.9 Å². The summed E-state index contributed by atoms with van der Waals surface area (Å²) >= 11 is 0.960. The van der Waals surface area contributed by atoms with Crippen LogP contribution in [0.4, 0.5) is 23.2 Å². The van der Waals surface area contributed by atoms with E-state index in [4.69, 9.17) is 4.74 Å². The number of pyridine rings is 1. The average molecular weight is 469 g/mol. The van der Waals surface area contributed by atoms with E-state index in [2.05, 4.69) is 10.3 Å². The van der Waals surface area contributed by atoms with Crippen LogP contribution in [0, 0.1) is 12.7 Å². The van der Waals surface area contributed by atoms with Gasteiger partial charge in [0.25, 0.3) is 0 Å². The number of aromatic nitrogens is 1. The molecular formula is C23H24F4N2O2S. The van der Waals surface area contributed by atoms with Crippen molar-refractivity contribution in [2.45, 2.75) is 31.7 Å². The summed E-state index contributed by atoms with van der Waals surface area (Å²) < 4.78 is 61.9. The number of ether oxygens (including phenoxy) is 1. The summed E-state index contributed by atoms with van der Waals surface area (Å²) in [5.74, 6) is -0.996. The first-order chi connectivity index (χ1) is 15.1. The Hall–Kier alpha value is -2.52. The molecular weight excluding hydrogens is 444 g/mol. The lowest BCUT2D eigenvalue weighted by atomic mass is 9.88. The minimum atomic E-state index is -4.98. The molecule has 1 heterocycles. The molecule has 0 saturated carbocycles. The van der Waals surface area contributed by atoms with Gasteiger partial charge in [-0.05, 0) is 43.0 Å². The number of rotatable bonds is 8. The van der Waals surface area contributed by atoms with Crippen LogP contribution in [-0.2, 0) is 0 Å². The highest BCUT2D eigenvalue weighted by Gasteiger charge is 2.59. The maximum Gasteiger partial charge on any atom is 0.420 e. The summed E-state index contributed by atoms with van der Waals surface area (Å²) in [5.41, 5.74) is -1.46. The summed E-state index contributed by atoms with van der Waals surface area (Å²) in [6.07, 6.45) is -4.98. The van der Waals surface area contributed by atoms with Gasteiger partial charge in [-0.25, -0.2) is 4.39 Å². The van der Waals surface area contributed by atoms with Gasteiger partial charge in [-0.3, -0.25) is 4.98 Å². The van der Waals surface area contributed by atoms with Crippen molar-refractivity contribution in [3.05, 3.63) is 65.6 Å². The molecule has 0 unspecified atom stereocenters. The number of anilines is 1. The second-order valence-corrected chi connectivity index (χ2v) is 8.62. The lowest BCUT2D eigenvalue weighted by Gasteiger charge is -2.39. The summed E-state index contributed by atoms with van der Waals surface area (Å²) in [5, 5.41) is 14.6. The molecule has 0 aliphatic heterocycles. The SMILES string of the molecule is CCSC[C@@](O)([C@@H](Nc1cccc2nc(C)ccc12)c1ccc(F)cc1OC)C(F)(F)F. The Balaban J connectivity index is 2.22. The summed E-state index contributed by atoms with van der Waals surface area (Å²) in [6, 6.07) is 10.1. The molecule has 0 amide bonds. The third-order valence-corrected chi connectivity index (χ3v) is 6.22. The zero-order chi connectivity index (χ0) is 23.5. The van der Waals surface area contributed by atoms with Gasteiger partial charge in [-0.15, -0.1) is 0 Å². The number of aryl methyl sites for hydroxylation is 1. The maximum atomic E-state index is 14.3. The number of benzene rings is 2. The maximum absolute atomic E-state index is 14.3. The van der Waals surface area contributed by atoms with Gasteiger partial charge in [0.2, 0.25) is 0 Å². The molecule has 0 saturated heterocycles. The molecule has 0 aliphatic carbocycles. The number of thioether (sulfide) groups is 1. The van der Waals surface area contributed by atoms with Gasteiger partial charge in [-0.1, -0.05) is 19.1 Å². The van der Waals surface area contributed by atoms with Gasteiger partial charge in [0.15, 0.2) is 5.60 Å². The first-order valence-electron chi connectivity index (χ1n) is 9.94. The van der Waals surface area contributed by atoms with Crippen LogP contribution in [0.15, 0.2) is 48.5 Å². The third kappa shape index (κ3) is 4.78. The summed E-state index contributed by atoms with van der Waals surface area (Å²) in [7, 11) is 1.24. The largest absolute Gasteiger partial charge is 0.496 e. The van der Waals surface area contributed by atoms with Crippen molar-refractivity contribution in [1.82, 2.24) is 4.98 Å². The Morgan fingerprint density at radius 2 is 1.91 bits per heavy atom. The van der Waals surface area contributed by atoms with Crippen LogP contribution in [0.5, 0.6) is 5.75 Å². The van der Waals surface area contributed by atoms with Crippen LogP contribution in [0.2, 0.25) is 0 Å². The van der Waals surface area contributed by atoms with Gasteiger partial charge >= 0.3 is 6.18 Å². The van der Waals surface area contributed by atoms with E-state index in [1.807, 2.05) is 6.92 Å². The number of fused-ring (bicyclic) bond motifs is 1. The predicted molar refractivity (Wildman–Crippen MR) is 120 cm³/mol. The zero-order valence-electron chi connectivity index (χ0n) is 17.8. The van der Waals surface area contributed by atoms with Gasteiger partial charge in [0, 0.05) is 34.2 Å². The first-order valence-corrected chi connectivity index (χ1v) is 11.1. The molecule has 1 aromatic heterocycles. The minimum Gasteiger partial charge on any atom is -0.496 e. The van der Waals surface area contributed by atoms with Crippen LogP contribution in [0.1, 0.15) is 24.2 Å². The highest BCUT2D eigenvalue weighted by Crippen LogP contribution is 2.46. The Kier molecular flexibility index (Phi) is 7.19. The molecule has 2 aromatic carbocycles. The van der Waals surface area contributed by atoms with E-state index in [9.17, 15) is 22.7 Å². The quantitative estimate of drug-likeness (QED) is 0.404. The van der Waals surface area contributed by atoms with E-state index in [0.29, 0.717) is 22.3 Å². The van der Waals surface area contributed by atoms with E-state index in [0.717, 1.165) is 29.6 Å². The van der Waals surface area contributed by atoms with Crippen molar-refractivity contribution in [3.8, 4) is 5.75 Å². The second kappa shape index (κ2) is 9.54. The zero-order valence-corrected chi connectivity index (χ0v) is 18.6. The van der Waals surface area contributed by atoms with Crippen molar-refractivity contribution in [3.63, 3.8) is 0 Å². The number of nitrogens with one attached hydrogen (secondary N) is 1. The van der Waals surface area contributed by atoms with Crippen LogP contribution < -0.4 is 10.1 Å². The third-order valence-electron chi connectivity index (χ3n) is 5.17. The van der Waals surface area contributed by atoms with E-state index in [1.165, 1.54) is 13.2 Å². The lowest BCUT2D eigenvalue weighted by molar-refractivity contribution is -0.256. The van der Waals surface area contributed by atoms with E-state index in [1.54, 1.807) is 37.3 Å².